The molecular formula is C13H34N6. The van der Waals surface area contributed by atoms with Gasteiger partial charge in [-0.2, -0.15) is 0 Å². The third kappa shape index (κ3) is 12.5. The predicted molar refractivity (Wildman–Crippen MR) is 82.9 cm³/mol. The van der Waals surface area contributed by atoms with Gasteiger partial charge in [0.1, 0.15) is 0 Å². The lowest BCUT2D eigenvalue weighted by molar-refractivity contribution is 0.443. The minimum Gasteiger partial charge on any atom is -0.330 e. The number of hydrogen-bond acceptors (Lipinski definition) is 6. The molecule has 0 radical (unpaired) electrons. The highest BCUT2D eigenvalue weighted by atomic mass is 14.9. The molecule has 2 unspecified atom stereocenters. The zero-order valence-electron chi connectivity index (χ0n) is 12.2. The van der Waals surface area contributed by atoms with E-state index in [0.717, 1.165) is 71.4 Å². The van der Waals surface area contributed by atoms with Gasteiger partial charge in [-0.25, -0.2) is 0 Å². The van der Waals surface area contributed by atoms with Crippen molar-refractivity contribution >= 4 is 0 Å². The molecule has 0 aromatic carbocycles. The van der Waals surface area contributed by atoms with Crippen molar-refractivity contribution in [3.63, 3.8) is 0 Å². The van der Waals surface area contributed by atoms with Crippen LogP contribution in [0.15, 0.2) is 0 Å². The second kappa shape index (κ2) is 14.2. The largest absolute Gasteiger partial charge is 0.330 e. The van der Waals surface area contributed by atoms with E-state index in [1.165, 1.54) is 0 Å². The van der Waals surface area contributed by atoms with Crippen molar-refractivity contribution in [3.8, 4) is 0 Å². The maximum atomic E-state index is 6.07. The van der Waals surface area contributed by atoms with Gasteiger partial charge in [-0.05, 0) is 71.4 Å². The van der Waals surface area contributed by atoms with Gasteiger partial charge in [0.15, 0.2) is 0 Å². The zero-order chi connectivity index (χ0) is 14.3. The molecule has 0 rings (SSSR count). The average Bonchev–Trinajstić information content (AvgIpc) is 2.42. The molecule has 0 aromatic rings. The minimum absolute atomic E-state index is 0.0659. The van der Waals surface area contributed by atoms with Gasteiger partial charge < -0.3 is 33.6 Å². The molecule has 0 heterocycles. The number of nitrogens with two attached hydrogens (primary N) is 4. The summed E-state index contributed by atoms with van der Waals surface area (Å²) < 4.78 is 0. The first-order chi connectivity index (χ1) is 9.22. The number of nitrogens with one attached hydrogen (secondary N) is 2. The number of unbranched alkanes of at least 4 members (excludes halogenated alkanes) is 1. The first-order valence-electron chi connectivity index (χ1n) is 7.55. The zero-order valence-corrected chi connectivity index (χ0v) is 12.2. The number of rotatable bonds is 14. The first-order valence-corrected chi connectivity index (χ1v) is 7.55. The van der Waals surface area contributed by atoms with E-state index in [1.54, 1.807) is 0 Å². The molecule has 6 nitrogen and oxygen atoms in total. The van der Waals surface area contributed by atoms with Gasteiger partial charge in [-0.3, -0.25) is 0 Å². The Labute approximate surface area is 118 Å². The Kier molecular flexibility index (Phi) is 14.0. The predicted octanol–water partition coefficient (Wildman–Crippen LogP) is -1.31. The highest BCUT2D eigenvalue weighted by Crippen LogP contribution is 1.97. The second-order valence-electron chi connectivity index (χ2n) is 5.04. The van der Waals surface area contributed by atoms with E-state index < -0.39 is 0 Å². The molecule has 0 fully saturated rings. The SMILES string of the molecule is NCCCCNCCC(N)C(N)CCNCCCN. The smallest absolute Gasteiger partial charge is 0.0204 e. The molecule has 0 aromatic heterocycles. The van der Waals surface area contributed by atoms with Crippen LogP contribution < -0.4 is 33.6 Å². The van der Waals surface area contributed by atoms with E-state index in [0.29, 0.717) is 0 Å². The normalized spacial score (nSPS) is 14.5. The standard InChI is InChI=1S/C13H34N6/c14-6-1-2-8-18-10-4-12(16)13(17)5-11-19-9-3-7-15/h12-13,18-19H,1-11,14-17H2. The Morgan fingerprint density at radius 2 is 1.11 bits per heavy atom. The Morgan fingerprint density at radius 3 is 1.58 bits per heavy atom. The lowest BCUT2D eigenvalue weighted by Gasteiger charge is -2.20. The van der Waals surface area contributed by atoms with E-state index in [2.05, 4.69) is 10.6 Å². The maximum Gasteiger partial charge on any atom is 0.0204 e. The van der Waals surface area contributed by atoms with Gasteiger partial charge in [-0.1, -0.05) is 0 Å². The van der Waals surface area contributed by atoms with E-state index in [4.69, 9.17) is 22.9 Å². The summed E-state index contributed by atoms with van der Waals surface area (Å²) in [7, 11) is 0. The molecular weight excluding hydrogens is 240 g/mol. The molecule has 0 spiro atoms. The van der Waals surface area contributed by atoms with Crippen LogP contribution >= 0.6 is 0 Å². The monoisotopic (exact) mass is 274 g/mol. The average molecular weight is 274 g/mol. The highest BCUT2D eigenvalue weighted by molar-refractivity contribution is 4.77. The van der Waals surface area contributed by atoms with Crippen LogP contribution in [0.4, 0.5) is 0 Å². The van der Waals surface area contributed by atoms with Crippen molar-refractivity contribution in [3.05, 3.63) is 0 Å². The summed E-state index contributed by atoms with van der Waals surface area (Å²) in [6.45, 7) is 5.32. The molecule has 0 saturated heterocycles. The lowest BCUT2D eigenvalue weighted by Crippen LogP contribution is -2.44. The minimum atomic E-state index is 0.0659. The third-order valence-electron chi connectivity index (χ3n) is 3.22. The molecule has 0 aliphatic heterocycles. The van der Waals surface area contributed by atoms with Gasteiger partial charge in [0.25, 0.3) is 0 Å². The van der Waals surface area contributed by atoms with Crippen molar-refractivity contribution in [1.82, 2.24) is 10.6 Å². The molecule has 0 amide bonds. The van der Waals surface area contributed by atoms with Crippen molar-refractivity contribution in [2.45, 2.75) is 44.2 Å². The molecule has 0 aliphatic carbocycles. The molecule has 2 atom stereocenters. The van der Waals surface area contributed by atoms with Crippen LogP contribution in [0, 0.1) is 0 Å². The van der Waals surface area contributed by atoms with Crippen LogP contribution in [-0.4, -0.2) is 51.4 Å². The first kappa shape index (κ1) is 18.8. The Hall–Kier alpha value is -0.240. The van der Waals surface area contributed by atoms with Crippen molar-refractivity contribution in [2.75, 3.05) is 39.3 Å². The third-order valence-corrected chi connectivity index (χ3v) is 3.22. The van der Waals surface area contributed by atoms with Gasteiger partial charge in [0, 0.05) is 12.1 Å². The quantitative estimate of drug-likeness (QED) is 0.218. The summed E-state index contributed by atoms with van der Waals surface area (Å²) in [6, 6.07) is 0.134. The summed E-state index contributed by atoms with van der Waals surface area (Å²) in [6.07, 6.45) is 5.05. The van der Waals surface area contributed by atoms with Crippen molar-refractivity contribution < 1.29 is 0 Å². The van der Waals surface area contributed by atoms with Gasteiger partial charge in [0.2, 0.25) is 0 Å². The summed E-state index contributed by atoms with van der Waals surface area (Å²) >= 11 is 0. The van der Waals surface area contributed by atoms with Crippen LogP contribution in [0.3, 0.4) is 0 Å². The van der Waals surface area contributed by atoms with Gasteiger partial charge in [-0.15, -0.1) is 0 Å². The highest BCUT2D eigenvalue weighted by Gasteiger charge is 2.11. The summed E-state index contributed by atoms with van der Waals surface area (Å²) in [5.41, 5.74) is 23.0. The van der Waals surface area contributed by atoms with Crippen LogP contribution in [0.5, 0.6) is 0 Å². The van der Waals surface area contributed by atoms with Crippen LogP contribution in [0.2, 0.25) is 0 Å². The van der Waals surface area contributed by atoms with Crippen LogP contribution in [-0.2, 0) is 0 Å². The van der Waals surface area contributed by atoms with Gasteiger partial charge >= 0.3 is 0 Å². The molecule has 0 saturated carbocycles. The van der Waals surface area contributed by atoms with Gasteiger partial charge in [0.05, 0.1) is 0 Å². The Bertz CT molecular complexity index is 179. The molecule has 0 bridgehead atoms. The fraction of sp³-hybridized carbons (Fsp3) is 1.00. The second-order valence-corrected chi connectivity index (χ2v) is 5.04. The van der Waals surface area contributed by atoms with E-state index in [-0.39, 0.29) is 12.1 Å². The Balaban J connectivity index is 3.35. The topological polar surface area (TPSA) is 128 Å². The van der Waals surface area contributed by atoms with Crippen LogP contribution in [0.25, 0.3) is 0 Å². The fourth-order valence-electron chi connectivity index (χ4n) is 1.84. The fourth-order valence-corrected chi connectivity index (χ4v) is 1.84. The molecule has 116 valence electrons. The molecule has 19 heavy (non-hydrogen) atoms. The van der Waals surface area contributed by atoms with E-state index >= 15 is 0 Å². The summed E-state index contributed by atoms with van der Waals surface area (Å²) in [5, 5.41) is 6.69. The Morgan fingerprint density at radius 1 is 0.632 bits per heavy atom. The van der Waals surface area contributed by atoms with E-state index in [1.807, 2.05) is 0 Å². The summed E-state index contributed by atoms with van der Waals surface area (Å²) in [4.78, 5) is 0. The van der Waals surface area contributed by atoms with Crippen LogP contribution in [0.1, 0.15) is 32.1 Å². The molecule has 0 aliphatic rings. The van der Waals surface area contributed by atoms with E-state index in [9.17, 15) is 0 Å². The summed E-state index contributed by atoms with van der Waals surface area (Å²) in [5.74, 6) is 0. The van der Waals surface area contributed by atoms with Crippen molar-refractivity contribution in [1.29, 1.82) is 0 Å². The van der Waals surface area contributed by atoms with Crippen molar-refractivity contribution in [2.24, 2.45) is 22.9 Å². The molecule has 6 heteroatoms. The maximum absolute atomic E-state index is 6.07. The number of hydrogen-bond donors (Lipinski definition) is 6. The molecule has 10 N–H and O–H groups in total. The lowest BCUT2D eigenvalue weighted by atomic mass is 10.0.